The zero-order valence-electron chi connectivity index (χ0n) is 5.83. The average Bonchev–Trinajstić information content (AvgIpc) is 1.87. The Hall–Kier alpha value is -0.970. The number of carbonyl (C=O) groups is 2. The zero-order valence-corrected chi connectivity index (χ0v) is 6.59. The van der Waals surface area contributed by atoms with Crippen LogP contribution in [0.15, 0.2) is 0 Å². The molecule has 0 rings (SSSR count). The summed E-state index contributed by atoms with van der Waals surface area (Å²) >= 11 is 5.01. The van der Waals surface area contributed by atoms with Gasteiger partial charge in [-0.1, -0.05) is 11.6 Å². The molecule has 0 aliphatic heterocycles. The number of hydrogen-bond donors (Lipinski definition) is 0. The lowest BCUT2D eigenvalue weighted by Gasteiger charge is -2.02. The predicted molar refractivity (Wildman–Crippen MR) is 34.9 cm³/mol. The highest BCUT2D eigenvalue weighted by molar-refractivity contribution is 6.17. The molecule has 0 aromatic carbocycles. The van der Waals surface area contributed by atoms with Crippen LogP contribution in [0.2, 0.25) is 0 Å². The molecule has 5 nitrogen and oxygen atoms in total. The van der Waals surface area contributed by atoms with Gasteiger partial charge in [-0.15, -0.1) is 0 Å². The van der Waals surface area contributed by atoms with Gasteiger partial charge in [0.25, 0.3) is 0 Å². The van der Waals surface area contributed by atoms with Crippen molar-refractivity contribution >= 4 is 23.7 Å². The van der Waals surface area contributed by atoms with Gasteiger partial charge in [0, 0.05) is 6.92 Å². The normalized spacial score (nSPS) is 8.55. The number of rotatable bonds is 3. The van der Waals surface area contributed by atoms with E-state index in [4.69, 9.17) is 11.6 Å². The van der Waals surface area contributed by atoms with Gasteiger partial charge in [0.2, 0.25) is 6.79 Å². The van der Waals surface area contributed by atoms with Gasteiger partial charge in [-0.05, 0) is 0 Å². The molecule has 0 amide bonds. The number of hydrogen-bond acceptors (Lipinski definition) is 5. The second-order valence-electron chi connectivity index (χ2n) is 1.40. The molecular formula is C5H7ClO5. The number of esters is 1. The molecule has 0 bridgehead atoms. The first-order chi connectivity index (χ1) is 5.16. The van der Waals surface area contributed by atoms with Crippen LogP contribution in [0.3, 0.4) is 0 Å². The summed E-state index contributed by atoms with van der Waals surface area (Å²) in [5, 5.41) is 0. The maximum atomic E-state index is 10.3. The number of alkyl halides is 1. The minimum Gasteiger partial charge on any atom is -0.428 e. The molecule has 0 fully saturated rings. The van der Waals surface area contributed by atoms with E-state index in [0.29, 0.717) is 0 Å². The van der Waals surface area contributed by atoms with Crippen LogP contribution in [0.25, 0.3) is 0 Å². The van der Waals surface area contributed by atoms with Crippen molar-refractivity contribution in [3.8, 4) is 0 Å². The highest BCUT2D eigenvalue weighted by atomic mass is 35.5. The van der Waals surface area contributed by atoms with Crippen molar-refractivity contribution in [1.82, 2.24) is 0 Å². The summed E-state index contributed by atoms with van der Waals surface area (Å²) in [6, 6.07) is -0.293. The minimum absolute atomic E-state index is 0.293. The molecule has 0 N–H and O–H groups in total. The Bertz CT molecular complexity index is 146. The fourth-order valence-electron chi connectivity index (χ4n) is 0.247. The van der Waals surface area contributed by atoms with E-state index in [2.05, 4.69) is 14.2 Å². The van der Waals surface area contributed by atoms with Gasteiger partial charge in [0.05, 0.1) is 0 Å². The zero-order chi connectivity index (χ0) is 8.69. The van der Waals surface area contributed by atoms with Gasteiger partial charge < -0.3 is 14.2 Å². The van der Waals surface area contributed by atoms with Gasteiger partial charge in [-0.25, -0.2) is 4.79 Å². The van der Waals surface area contributed by atoms with Crippen molar-refractivity contribution in [2.45, 2.75) is 6.92 Å². The van der Waals surface area contributed by atoms with Crippen molar-refractivity contribution in [1.29, 1.82) is 0 Å². The van der Waals surface area contributed by atoms with Gasteiger partial charge in [-0.3, -0.25) is 4.79 Å². The van der Waals surface area contributed by atoms with Crippen molar-refractivity contribution in [2.24, 2.45) is 0 Å². The Morgan fingerprint density at radius 1 is 1.27 bits per heavy atom. The third-order valence-corrected chi connectivity index (χ3v) is 0.720. The van der Waals surface area contributed by atoms with Crippen LogP contribution in [0.4, 0.5) is 4.79 Å². The first-order valence-electron chi connectivity index (χ1n) is 2.65. The standard InChI is InChI=1S/C5H7ClO5/c1-4(7)10-3-11-5(8)9-2-6/h2-3H2,1H3. The molecule has 0 aromatic rings. The van der Waals surface area contributed by atoms with Crippen LogP contribution in [0.1, 0.15) is 6.92 Å². The van der Waals surface area contributed by atoms with E-state index in [1.807, 2.05) is 0 Å². The van der Waals surface area contributed by atoms with Crippen molar-refractivity contribution < 1.29 is 23.8 Å². The molecule has 0 radical (unpaired) electrons. The summed E-state index contributed by atoms with van der Waals surface area (Å²) in [6.07, 6.45) is -0.971. The molecule has 0 saturated heterocycles. The van der Waals surface area contributed by atoms with E-state index < -0.39 is 18.9 Å². The maximum Gasteiger partial charge on any atom is 0.512 e. The quantitative estimate of drug-likeness (QED) is 0.368. The first kappa shape index (κ1) is 10.0. The van der Waals surface area contributed by atoms with Gasteiger partial charge in [0.15, 0.2) is 6.07 Å². The summed E-state index contributed by atoms with van der Waals surface area (Å²) in [6.45, 7) is 0.737. The third-order valence-electron chi connectivity index (χ3n) is 0.611. The Labute approximate surface area is 68.2 Å². The smallest absolute Gasteiger partial charge is 0.428 e. The molecular weight excluding hydrogens is 176 g/mol. The molecule has 0 heterocycles. The molecule has 0 aromatic heterocycles. The minimum atomic E-state index is -0.971. The lowest BCUT2D eigenvalue weighted by atomic mass is 10.8. The predicted octanol–water partition coefficient (Wildman–Crippen LogP) is 0.857. The molecule has 0 aliphatic rings. The summed E-state index contributed by atoms with van der Waals surface area (Å²) in [7, 11) is 0. The third kappa shape index (κ3) is 6.92. The summed E-state index contributed by atoms with van der Waals surface area (Å²) in [5.74, 6) is -0.538. The topological polar surface area (TPSA) is 61.8 Å². The highest BCUT2D eigenvalue weighted by Gasteiger charge is 2.02. The SMILES string of the molecule is CC(=O)OCOC(=O)OCCl. The lowest BCUT2D eigenvalue weighted by molar-refractivity contribution is -0.150. The van der Waals surface area contributed by atoms with E-state index in [1.165, 1.54) is 6.92 Å². The van der Waals surface area contributed by atoms with Gasteiger partial charge in [-0.2, -0.15) is 0 Å². The van der Waals surface area contributed by atoms with E-state index >= 15 is 0 Å². The van der Waals surface area contributed by atoms with Crippen LogP contribution in [0.5, 0.6) is 0 Å². The summed E-state index contributed by atoms with van der Waals surface area (Å²) < 4.78 is 12.6. The van der Waals surface area contributed by atoms with E-state index in [-0.39, 0.29) is 6.07 Å². The average molecular weight is 183 g/mol. The van der Waals surface area contributed by atoms with E-state index in [1.54, 1.807) is 0 Å². The van der Waals surface area contributed by atoms with Crippen molar-refractivity contribution in [3.63, 3.8) is 0 Å². The van der Waals surface area contributed by atoms with E-state index in [0.717, 1.165) is 0 Å². The van der Waals surface area contributed by atoms with Crippen molar-refractivity contribution in [3.05, 3.63) is 0 Å². The lowest BCUT2D eigenvalue weighted by Crippen LogP contribution is -2.11. The number of carbonyl (C=O) groups excluding carboxylic acids is 2. The fourth-order valence-corrected chi connectivity index (χ4v) is 0.336. The van der Waals surface area contributed by atoms with Crippen LogP contribution in [-0.2, 0) is 19.0 Å². The molecule has 0 unspecified atom stereocenters. The number of ether oxygens (including phenoxy) is 3. The van der Waals surface area contributed by atoms with Gasteiger partial charge in [0.1, 0.15) is 0 Å². The summed E-state index contributed by atoms with van der Waals surface area (Å²) in [5.41, 5.74) is 0. The Kier molecular flexibility index (Phi) is 5.28. The Morgan fingerprint density at radius 3 is 2.36 bits per heavy atom. The number of halogens is 1. The van der Waals surface area contributed by atoms with Crippen molar-refractivity contribution in [2.75, 3.05) is 12.9 Å². The van der Waals surface area contributed by atoms with Crippen LogP contribution in [-0.4, -0.2) is 25.0 Å². The highest BCUT2D eigenvalue weighted by Crippen LogP contribution is 1.88. The molecule has 11 heavy (non-hydrogen) atoms. The second-order valence-corrected chi connectivity index (χ2v) is 1.62. The van der Waals surface area contributed by atoms with Crippen LogP contribution < -0.4 is 0 Å². The molecule has 64 valence electrons. The fraction of sp³-hybridized carbons (Fsp3) is 0.600. The summed E-state index contributed by atoms with van der Waals surface area (Å²) in [4.78, 5) is 20.4. The van der Waals surface area contributed by atoms with Crippen LogP contribution in [0, 0.1) is 0 Å². The maximum absolute atomic E-state index is 10.3. The Balaban J connectivity index is 3.24. The molecule has 6 heteroatoms. The molecule has 0 spiro atoms. The molecule has 0 saturated carbocycles. The molecule has 0 atom stereocenters. The van der Waals surface area contributed by atoms with Crippen LogP contribution >= 0.6 is 11.6 Å². The van der Waals surface area contributed by atoms with E-state index in [9.17, 15) is 9.59 Å². The Morgan fingerprint density at radius 2 is 1.91 bits per heavy atom. The van der Waals surface area contributed by atoms with Gasteiger partial charge >= 0.3 is 12.1 Å². The second kappa shape index (κ2) is 5.79. The first-order valence-corrected chi connectivity index (χ1v) is 3.19. The molecule has 0 aliphatic carbocycles. The largest absolute Gasteiger partial charge is 0.512 e. The monoisotopic (exact) mass is 182 g/mol.